The highest BCUT2D eigenvalue weighted by atomic mass is 16.2. The van der Waals surface area contributed by atoms with Crippen molar-refractivity contribution in [2.75, 3.05) is 6.54 Å². The van der Waals surface area contributed by atoms with E-state index in [2.05, 4.69) is 36.5 Å². The minimum atomic E-state index is -0.191. The minimum absolute atomic E-state index is 0.00589. The molecule has 5 heteroatoms. The molecule has 0 saturated carbocycles. The second-order valence-corrected chi connectivity index (χ2v) is 7.33. The molecule has 0 radical (unpaired) electrons. The van der Waals surface area contributed by atoms with Crippen molar-refractivity contribution in [3.63, 3.8) is 0 Å². The van der Waals surface area contributed by atoms with E-state index in [9.17, 15) is 4.79 Å². The molecule has 0 fully saturated rings. The summed E-state index contributed by atoms with van der Waals surface area (Å²) in [4.78, 5) is 11.7. The van der Waals surface area contributed by atoms with Crippen molar-refractivity contribution in [2.45, 2.75) is 59.0 Å². The summed E-state index contributed by atoms with van der Waals surface area (Å²) in [5.74, 6) is 0.0127. The summed E-state index contributed by atoms with van der Waals surface area (Å²) in [6.07, 6.45) is 2.01. The number of amides is 1. The fourth-order valence-corrected chi connectivity index (χ4v) is 2.07. The number of rotatable bonds is 4. The average molecular weight is 280 g/mol. The van der Waals surface area contributed by atoms with Crippen LogP contribution < -0.4 is 10.6 Å². The van der Waals surface area contributed by atoms with E-state index in [0.717, 1.165) is 11.3 Å². The van der Waals surface area contributed by atoms with Gasteiger partial charge >= 0.3 is 0 Å². The van der Waals surface area contributed by atoms with Gasteiger partial charge in [-0.1, -0.05) is 20.8 Å². The van der Waals surface area contributed by atoms with Crippen LogP contribution >= 0.6 is 0 Å². The van der Waals surface area contributed by atoms with Crippen molar-refractivity contribution in [3.8, 4) is 0 Å². The normalized spacial score (nSPS) is 12.6. The van der Waals surface area contributed by atoms with Gasteiger partial charge in [-0.05, 0) is 20.8 Å². The van der Waals surface area contributed by atoms with E-state index in [1.54, 1.807) is 0 Å². The molecule has 0 aromatic carbocycles. The summed E-state index contributed by atoms with van der Waals surface area (Å²) in [5.41, 5.74) is 2.03. The molecule has 1 rings (SSSR count). The number of nitrogens with one attached hydrogen (secondary N) is 2. The fraction of sp³-hybridized carbons (Fsp3) is 0.733. The van der Waals surface area contributed by atoms with Gasteiger partial charge in [-0.2, -0.15) is 5.10 Å². The second-order valence-electron chi connectivity index (χ2n) is 7.33. The Balaban J connectivity index is 2.57. The highest BCUT2D eigenvalue weighted by Gasteiger charge is 2.21. The lowest BCUT2D eigenvalue weighted by atomic mass is 9.89. The number of carbonyl (C=O) groups is 1. The first-order valence-corrected chi connectivity index (χ1v) is 7.04. The molecule has 1 heterocycles. The van der Waals surface area contributed by atoms with Gasteiger partial charge in [-0.3, -0.25) is 9.48 Å². The van der Waals surface area contributed by atoms with Gasteiger partial charge in [0.2, 0.25) is 5.91 Å². The summed E-state index contributed by atoms with van der Waals surface area (Å²) in [6, 6.07) is 0. The molecule has 0 saturated heterocycles. The topological polar surface area (TPSA) is 59.0 Å². The first kappa shape index (κ1) is 16.7. The Kier molecular flexibility index (Phi) is 4.97. The zero-order chi connectivity index (χ0) is 15.6. The fourth-order valence-electron chi connectivity index (χ4n) is 2.07. The van der Waals surface area contributed by atoms with Gasteiger partial charge in [-0.15, -0.1) is 0 Å². The van der Waals surface area contributed by atoms with Crippen LogP contribution in [-0.2, 0) is 23.8 Å². The Bertz CT molecular complexity index is 463. The van der Waals surface area contributed by atoms with Crippen molar-refractivity contribution >= 4 is 5.91 Å². The van der Waals surface area contributed by atoms with Crippen LogP contribution in [0.5, 0.6) is 0 Å². The second kappa shape index (κ2) is 5.95. The molecule has 2 N–H and O–H groups in total. The lowest BCUT2D eigenvalue weighted by Crippen LogP contribution is -2.44. The van der Waals surface area contributed by atoms with E-state index < -0.39 is 0 Å². The van der Waals surface area contributed by atoms with E-state index in [-0.39, 0.29) is 16.9 Å². The molecule has 0 bridgehead atoms. The van der Waals surface area contributed by atoms with E-state index in [4.69, 9.17) is 0 Å². The van der Waals surface area contributed by atoms with Crippen molar-refractivity contribution in [2.24, 2.45) is 7.05 Å². The standard InChI is InChI=1S/C15H28N4O/c1-14(2,3)13-11(10-19(7)18-13)8-16-9-12(20)17-15(4,5)6/h10,16H,8-9H2,1-7H3,(H,17,20). The molecule has 0 aliphatic rings. The Hall–Kier alpha value is -1.36. The maximum Gasteiger partial charge on any atom is 0.234 e. The molecular formula is C15H28N4O. The lowest BCUT2D eigenvalue weighted by Gasteiger charge is -2.21. The van der Waals surface area contributed by atoms with Gasteiger partial charge in [0.05, 0.1) is 12.2 Å². The highest BCUT2D eigenvalue weighted by Crippen LogP contribution is 2.23. The van der Waals surface area contributed by atoms with Gasteiger partial charge < -0.3 is 10.6 Å². The van der Waals surface area contributed by atoms with Crippen LogP contribution in [0.2, 0.25) is 0 Å². The Morgan fingerprint density at radius 3 is 2.35 bits per heavy atom. The van der Waals surface area contributed by atoms with E-state index in [1.807, 2.05) is 38.7 Å². The maximum atomic E-state index is 11.7. The highest BCUT2D eigenvalue weighted by molar-refractivity contribution is 5.78. The van der Waals surface area contributed by atoms with E-state index in [1.165, 1.54) is 0 Å². The number of hydrogen-bond acceptors (Lipinski definition) is 3. The van der Waals surface area contributed by atoms with Gasteiger partial charge in [0.1, 0.15) is 0 Å². The summed E-state index contributed by atoms with van der Waals surface area (Å²) in [7, 11) is 1.92. The van der Waals surface area contributed by atoms with Crippen LogP contribution in [0.4, 0.5) is 0 Å². The molecule has 0 unspecified atom stereocenters. The molecule has 20 heavy (non-hydrogen) atoms. The van der Waals surface area contributed by atoms with Crippen LogP contribution in [0, 0.1) is 0 Å². The molecule has 5 nitrogen and oxygen atoms in total. The number of aryl methyl sites for hydroxylation is 1. The Morgan fingerprint density at radius 2 is 1.85 bits per heavy atom. The van der Waals surface area contributed by atoms with Crippen LogP contribution in [-0.4, -0.2) is 27.8 Å². The zero-order valence-corrected chi connectivity index (χ0v) is 13.8. The summed E-state index contributed by atoms with van der Waals surface area (Å²) in [5, 5.41) is 10.6. The van der Waals surface area contributed by atoms with Gasteiger partial charge in [0.25, 0.3) is 0 Å². The van der Waals surface area contributed by atoms with Gasteiger partial charge in [0.15, 0.2) is 0 Å². The third-order valence-corrected chi connectivity index (χ3v) is 2.73. The largest absolute Gasteiger partial charge is 0.350 e. The van der Waals surface area contributed by atoms with Crippen LogP contribution in [0.3, 0.4) is 0 Å². The molecule has 0 spiro atoms. The third kappa shape index (κ3) is 5.33. The molecule has 0 aliphatic heterocycles. The third-order valence-electron chi connectivity index (χ3n) is 2.73. The molecule has 1 amide bonds. The van der Waals surface area contributed by atoms with E-state index >= 15 is 0 Å². The summed E-state index contributed by atoms with van der Waals surface area (Å²) >= 11 is 0. The van der Waals surface area contributed by atoms with Crippen LogP contribution in [0.15, 0.2) is 6.20 Å². The predicted molar refractivity (Wildman–Crippen MR) is 81.5 cm³/mol. The monoisotopic (exact) mass is 280 g/mol. The number of aromatic nitrogens is 2. The Labute approximate surface area is 122 Å². The van der Waals surface area contributed by atoms with Crippen molar-refractivity contribution in [1.82, 2.24) is 20.4 Å². The van der Waals surface area contributed by atoms with Crippen molar-refractivity contribution in [3.05, 3.63) is 17.5 Å². The number of hydrogen-bond donors (Lipinski definition) is 2. The molecule has 1 aromatic rings. The van der Waals surface area contributed by atoms with Crippen LogP contribution in [0.1, 0.15) is 52.8 Å². The number of nitrogens with zero attached hydrogens (tertiary/aromatic N) is 2. The molecule has 0 aliphatic carbocycles. The van der Waals surface area contributed by atoms with Crippen molar-refractivity contribution in [1.29, 1.82) is 0 Å². The van der Waals surface area contributed by atoms with Gasteiger partial charge in [0, 0.05) is 36.3 Å². The molecule has 114 valence electrons. The molecular weight excluding hydrogens is 252 g/mol. The average Bonchev–Trinajstić information content (AvgIpc) is 2.56. The minimum Gasteiger partial charge on any atom is -0.350 e. The predicted octanol–water partition coefficient (Wildman–Crippen LogP) is 1.72. The molecule has 1 aromatic heterocycles. The first-order valence-electron chi connectivity index (χ1n) is 7.04. The maximum absolute atomic E-state index is 11.7. The molecule has 0 atom stereocenters. The van der Waals surface area contributed by atoms with Gasteiger partial charge in [-0.25, -0.2) is 0 Å². The first-order chi connectivity index (χ1) is 8.99. The summed E-state index contributed by atoms with van der Waals surface area (Å²) < 4.78 is 1.83. The van der Waals surface area contributed by atoms with Crippen LogP contribution in [0.25, 0.3) is 0 Å². The Morgan fingerprint density at radius 1 is 1.25 bits per heavy atom. The lowest BCUT2D eigenvalue weighted by molar-refractivity contribution is -0.121. The number of carbonyl (C=O) groups excluding carboxylic acids is 1. The van der Waals surface area contributed by atoms with E-state index in [0.29, 0.717) is 13.1 Å². The quantitative estimate of drug-likeness (QED) is 0.883. The summed E-state index contributed by atoms with van der Waals surface area (Å²) in [6.45, 7) is 13.3. The SMILES string of the molecule is Cn1cc(CNCC(=O)NC(C)(C)C)c(C(C)(C)C)n1. The van der Waals surface area contributed by atoms with Crippen molar-refractivity contribution < 1.29 is 4.79 Å². The smallest absolute Gasteiger partial charge is 0.234 e. The zero-order valence-electron chi connectivity index (χ0n) is 13.8.